The Morgan fingerprint density at radius 2 is 2.47 bits per heavy atom. The van der Waals surface area contributed by atoms with E-state index >= 15 is 0 Å². The largest absolute Gasteiger partial charge is 0.493 e. The summed E-state index contributed by atoms with van der Waals surface area (Å²) in [4.78, 5) is 4.27. The number of thiazole rings is 1. The molecule has 1 aromatic heterocycles. The summed E-state index contributed by atoms with van der Waals surface area (Å²) in [6.45, 7) is 1.46. The van der Waals surface area contributed by atoms with Crippen LogP contribution in [0.4, 0.5) is 0 Å². The maximum absolute atomic E-state index is 5.82. The molecule has 1 aromatic carbocycles. The lowest BCUT2D eigenvalue weighted by atomic mass is 10.0. The molecule has 100 valence electrons. The van der Waals surface area contributed by atoms with Gasteiger partial charge in [0, 0.05) is 24.2 Å². The summed E-state index contributed by atoms with van der Waals surface area (Å²) >= 11 is 1.67. The lowest BCUT2D eigenvalue weighted by molar-refractivity contribution is 0.226. The number of nitrogens with zero attached hydrogens (tertiary/aromatic N) is 1. The SMILES string of the molecule is COc1cccc2c1OC[C@H](NCc1nccs1)C2. The van der Waals surface area contributed by atoms with Crippen molar-refractivity contribution in [3.05, 3.63) is 40.3 Å². The fraction of sp³-hybridized carbons (Fsp3) is 0.357. The predicted octanol–water partition coefficient (Wildman–Crippen LogP) is 2.25. The van der Waals surface area contributed by atoms with Gasteiger partial charge in [0.05, 0.1) is 7.11 Å². The van der Waals surface area contributed by atoms with Crippen LogP contribution in [0.5, 0.6) is 11.5 Å². The van der Waals surface area contributed by atoms with Gasteiger partial charge in [0.25, 0.3) is 0 Å². The fourth-order valence-electron chi connectivity index (χ4n) is 2.26. The van der Waals surface area contributed by atoms with Crippen LogP contribution in [0.1, 0.15) is 10.6 Å². The van der Waals surface area contributed by atoms with E-state index in [-0.39, 0.29) is 0 Å². The van der Waals surface area contributed by atoms with E-state index in [9.17, 15) is 0 Å². The molecule has 1 N–H and O–H groups in total. The van der Waals surface area contributed by atoms with E-state index in [2.05, 4.69) is 16.4 Å². The van der Waals surface area contributed by atoms with Crippen LogP contribution in [-0.2, 0) is 13.0 Å². The lowest BCUT2D eigenvalue weighted by Crippen LogP contribution is -2.38. The summed E-state index contributed by atoms with van der Waals surface area (Å²) in [5, 5.41) is 6.59. The molecular weight excluding hydrogens is 260 g/mol. The van der Waals surface area contributed by atoms with Gasteiger partial charge >= 0.3 is 0 Å². The number of benzene rings is 1. The Labute approximate surface area is 116 Å². The van der Waals surface area contributed by atoms with Gasteiger partial charge in [-0.25, -0.2) is 4.98 Å². The second-order valence-electron chi connectivity index (χ2n) is 4.47. The summed E-state index contributed by atoms with van der Waals surface area (Å²) in [5.74, 6) is 1.70. The summed E-state index contributed by atoms with van der Waals surface area (Å²) in [7, 11) is 1.67. The molecule has 0 fully saturated rings. The maximum Gasteiger partial charge on any atom is 0.164 e. The number of methoxy groups -OCH3 is 1. The number of hydrogen-bond donors (Lipinski definition) is 1. The van der Waals surface area contributed by atoms with Crippen LogP contribution >= 0.6 is 11.3 Å². The third kappa shape index (κ3) is 2.72. The predicted molar refractivity (Wildman–Crippen MR) is 74.9 cm³/mol. The zero-order valence-electron chi connectivity index (χ0n) is 10.8. The highest BCUT2D eigenvalue weighted by Crippen LogP contribution is 2.34. The van der Waals surface area contributed by atoms with Crippen LogP contribution in [0.15, 0.2) is 29.8 Å². The maximum atomic E-state index is 5.82. The molecule has 0 spiro atoms. The number of aromatic nitrogens is 1. The molecule has 2 heterocycles. The molecule has 0 amide bonds. The van der Waals surface area contributed by atoms with Crippen molar-refractivity contribution in [2.75, 3.05) is 13.7 Å². The van der Waals surface area contributed by atoms with Crippen molar-refractivity contribution in [2.45, 2.75) is 19.0 Å². The fourth-order valence-corrected chi connectivity index (χ4v) is 2.83. The van der Waals surface area contributed by atoms with Gasteiger partial charge in [0.1, 0.15) is 11.6 Å². The topological polar surface area (TPSA) is 43.4 Å². The highest BCUT2D eigenvalue weighted by molar-refractivity contribution is 7.09. The number of rotatable bonds is 4. The van der Waals surface area contributed by atoms with E-state index < -0.39 is 0 Å². The second-order valence-corrected chi connectivity index (χ2v) is 5.45. The number of fused-ring (bicyclic) bond motifs is 1. The molecule has 0 saturated carbocycles. The minimum atomic E-state index is 0.323. The van der Waals surface area contributed by atoms with Crippen LogP contribution in [0.2, 0.25) is 0 Å². The van der Waals surface area contributed by atoms with Crippen molar-refractivity contribution in [3.8, 4) is 11.5 Å². The molecule has 2 aromatic rings. The molecule has 4 nitrogen and oxygen atoms in total. The molecule has 1 atom stereocenters. The van der Waals surface area contributed by atoms with Crippen molar-refractivity contribution >= 4 is 11.3 Å². The Hall–Kier alpha value is -1.59. The van der Waals surface area contributed by atoms with Gasteiger partial charge < -0.3 is 14.8 Å². The average Bonchev–Trinajstić information content (AvgIpc) is 2.97. The summed E-state index contributed by atoms with van der Waals surface area (Å²) in [5.41, 5.74) is 1.20. The van der Waals surface area contributed by atoms with Crippen molar-refractivity contribution in [1.82, 2.24) is 10.3 Å². The molecule has 0 aliphatic carbocycles. The lowest BCUT2D eigenvalue weighted by Gasteiger charge is -2.27. The highest BCUT2D eigenvalue weighted by atomic mass is 32.1. The Bertz CT molecular complexity index is 542. The zero-order chi connectivity index (χ0) is 13.1. The Morgan fingerprint density at radius 3 is 3.26 bits per heavy atom. The molecule has 0 bridgehead atoms. The van der Waals surface area contributed by atoms with E-state index in [4.69, 9.17) is 9.47 Å². The summed E-state index contributed by atoms with van der Waals surface area (Å²) in [6, 6.07) is 6.35. The number of nitrogens with one attached hydrogen (secondary N) is 1. The van der Waals surface area contributed by atoms with E-state index in [1.54, 1.807) is 18.4 Å². The van der Waals surface area contributed by atoms with Gasteiger partial charge in [-0.3, -0.25) is 0 Å². The monoisotopic (exact) mass is 276 g/mol. The van der Waals surface area contributed by atoms with Crippen LogP contribution < -0.4 is 14.8 Å². The summed E-state index contributed by atoms with van der Waals surface area (Å²) < 4.78 is 11.1. The minimum Gasteiger partial charge on any atom is -0.493 e. The molecule has 5 heteroatoms. The van der Waals surface area contributed by atoms with E-state index in [1.807, 2.05) is 23.7 Å². The van der Waals surface area contributed by atoms with E-state index in [1.165, 1.54) is 5.56 Å². The van der Waals surface area contributed by atoms with E-state index in [0.29, 0.717) is 12.6 Å². The Kier molecular flexibility index (Phi) is 3.66. The molecule has 3 rings (SSSR count). The molecular formula is C14H16N2O2S. The van der Waals surface area contributed by atoms with Crippen LogP contribution in [0, 0.1) is 0 Å². The molecule has 0 unspecified atom stereocenters. The zero-order valence-corrected chi connectivity index (χ0v) is 11.6. The molecule has 1 aliphatic heterocycles. The first-order chi connectivity index (χ1) is 9.36. The highest BCUT2D eigenvalue weighted by Gasteiger charge is 2.22. The van der Waals surface area contributed by atoms with Gasteiger partial charge in [-0.2, -0.15) is 0 Å². The Morgan fingerprint density at radius 1 is 1.53 bits per heavy atom. The second kappa shape index (κ2) is 5.59. The first-order valence-electron chi connectivity index (χ1n) is 6.27. The average molecular weight is 276 g/mol. The van der Waals surface area contributed by atoms with Gasteiger partial charge in [0.15, 0.2) is 11.5 Å². The van der Waals surface area contributed by atoms with Gasteiger partial charge in [-0.05, 0) is 18.1 Å². The first-order valence-corrected chi connectivity index (χ1v) is 7.15. The number of para-hydroxylation sites is 1. The number of ether oxygens (including phenoxy) is 2. The minimum absolute atomic E-state index is 0.323. The third-order valence-electron chi connectivity index (χ3n) is 3.20. The molecule has 1 aliphatic rings. The van der Waals surface area contributed by atoms with E-state index in [0.717, 1.165) is 29.5 Å². The number of hydrogen-bond acceptors (Lipinski definition) is 5. The standard InChI is InChI=1S/C14H16N2O2S/c1-17-12-4-2-3-10-7-11(9-18-14(10)12)16-8-13-15-5-6-19-13/h2-6,11,16H,7-9H2,1H3/t11-/m1/s1. The summed E-state index contributed by atoms with van der Waals surface area (Å²) in [6.07, 6.45) is 2.79. The van der Waals surface area contributed by atoms with Crippen molar-refractivity contribution < 1.29 is 9.47 Å². The molecule has 0 radical (unpaired) electrons. The van der Waals surface area contributed by atoms with Crippen molar-refractivity contribution in [3.63, 3.8) is 0 Å². The normalized spacial score (nSPS) is 17.6. The first kappa shape index (κ1) is 12.4. The van der Waals surface area contributed by atoms with Crippen LogP contribution in [0.25, 0.3) is 0 Å². The Balaban J connectivity index is 1.65. The molecule has 19 heavy (non-hydrogen) atoms. The molecule has 0 saturated heterocycles. The third-order valence-corrected chi connectivity index (χ3v) is 3.98. The van der Waals surface area contributed by atoms with Gasteiger partial charge in [0.2, 0.25) is 0 Å². The quantitative estimate of drug-likeness (QED) is 0.930. The van der Waals surface area contributed by atoms with Gasteiger partial charge in [-0.1, -0.05) is 12.1 Å². The van der Waals surface area contributed by atoms with Crippen molar-refractivity contribution in [2.24, 2.45) is 0 Å². The van der Waals surface area contributed by atoms with Crippen LogP contribution in [0.3, 0.4) is 0 Å². The van der Waals surface area contributed by atoms with Gasteiger partial charge in [-0.15, -0.1) is 11.3 Å². The van der Waals surface area contributed by atoms with Crippen molar-refractivity contribution in [1.29, 1.82) is 0 Å². The smallest absolute Gasteiger partial charge is 0.164 e. The van der Waals surface area contributed by atoms with Crippen LogP contribution in [-0.4, -0.2) is 24.7 Å².